The van der Waals surface area contributed by atoms with Crippen LogP contribution >= 0.6 is 0 Å². The van der Waals surface area contributed by atoms with Crippen molar-refractivity contribution in [3.8, 4) is 0 Å². The third-order valence-electron chi connectivity index (χ3n) is 4.78. The van der Waals surface area contributed by atoms with Gasteiger partial charge < -0.3 is 20.1 Å². The van der Waals surface area contributed by atoms with Gasteiger partial charge in [0.25, 0.3) is 0 Å². The lowest BCUT2D eigenvalue weighted by Crippen LogP contribution is -2.47. The maximum absolute atomic E-state index is 12.7. The Hall–Kier alpha value is -3.70. The zero-order chi connectivity index (χ0) is 24.0. The highest BCUT2D eigenvalue weighted by atomic mass is 32.2. The normalized spacial score (nSPS) is 15.9. The van der Waals surface area contributed by atoms with Crippen LogP contribution in [0.5, 0.6) is 0 Å². The standard InChI is InChI=1S/C22H23N3O7S/c1-3-31-21(27)18-17(24-22(28)25-19(18)14-8-5-4-6-9-14)13-32-20(26)15-10-7-11-16(12-15)33(29,30)23-2/h4-12,19,23H,3,13H2,1-2H3,(H2,24,25,28)/t19-/m1/s1. The molecule has 0 aromatic heterocycles. The Labute approximate surface area is 191 Å². The lowest BCUT2D eigenvalue weighted by Gasteiger charge is -2.29. The molecule has 0 aliphatic carbocycles. The fourth-order valence-corrected chi connectivity index (χ4v) is 3.98. The number of sulfonamides is 1. The van der Waals surface area contributed by atoms with Crippen molar-refractivity contribution < 1.29 is 32.3 Å². The number of benzene rings is 2. The number of esters is 2. The second-order valence-electron chi connectivity index (χ2n) is 6.87. The van der Waals surface area contributed by atoms with Crippen LogP contribution in [0.25, 0.3) is 0 Å². The lowest BCUT2D eigenvalue weighted by atomic mass is 9.95. The number of rotatable bonds is 8. The molecule has 3 N–H and O–H groups in total. The Morgan fingerprint density at radius 2 is 1.76 bits per heavy atom. The fraction of sp³-hybridized carbons (Fsp3) is 0.227. The monoisotopic (exact) mass is 473 g/mol. The summed E-state index contributed by atoms with van der Waals surface area (Å²) in [6.45, 7) is 1.32. The molecule has 0 saturated carbocycles. The molecule has 0 radical (unpaired) electrons. The summed E-state index contributed by atoms with van der Waals surface area (Å²) in [5.41, 5.74) is 0.800. The number of carbonyl (C=O) groups is 3. The molecule has 1 aliphatic rings. The summed E-state index contributed by atoms with van der Waals surface area (Å²) < 4.78 is 36.6. The van der Waals surface area contributed by atoms with Crippen molar-refractivity contribution in [2.45, 2.75) is 17.9 Å². The van der Waals surface area contributed by atoms with Gasteiger partial charge in [0.05, 0.1) is 34.4 Å². The Kier molecular flexibility index (Phi) is 7.46. The van der Waals surface area contributed by atoms with Crippen molar-refractivity contribution in [3.05, 3.63) is 77.0 Å². The van der Waals surface area contributed by atoms with Gasteiger partial charge >= 0.3 is 18.0 Å². The van der Waals surface area contributed by atoms with E-state index in [1.54, 1.807) is 37.3 Å². The van der Waals surface area contributed by atoms with Gasteiger partial charge in [0.1, 0.15) is 6.61 Å². The molecule has 2 amide bonds. The van der Waals surface area contributed by atoms with Crippen LogP contribution in [-0.2, 0) is 24.3 Å². The van der Waals surface area contributed by atoms with Crippen LogP contribution in [0, 0.1) is 0 Å². The molecule has 33 heavy (non-hydrogen) atoms. The smallest absolute Gasteiger partial charge is 0.338 e. The fourth-order valence-electron chi connectivity index (χ4n) is 3.21. The molecular formula is C22H23N3O7S. The summed E-state index contributed by atoms with van der Waals surface area (Å²) in [5, 5.41) is 5.18. The highest BCUT2D eigenvalue weighted by molar-refractivity contribution is 7.89. The van der Waals surface area contributed by atoms with Gasteiger partial charge in [-0.15, -0.1) is 0 Å². The van der Waals surface area contributed by atoms with Gasteiger partial charge in [-0.2, -0.15) is 0 Å². The minimum atomic E-state index is -3.75. The van der Waals surface area contributed by atoms with Gasteiger partial charge in [0, 0.05) is 0 Å². The van der Waals surface area contributed by atoms with E-state index in [1.165, 1.54) is 31.3 Å². The third-order valence-corrected chi connectivity index (χ3v) is 6.19. The molecule has 1 aliphatic heterocycles. The van der Waals surface area contributed by atoms with E-state index < -0.39 is 40.6 Å². The predicted molar refractivity (Wildman–Crippen MR) is 117 cm³/mol. The number of urea groups is 1. The maximum atomic E-state index is 12.7. The number of amides is 2. The highest BCUT2D eigenvalue weighted by Gasteiger charge is 2.34. The average molecular weight is 474 g/mol. The van der Waals surface area contributed by atoms with Crippen LogP contribution in [0.15, 0.2) is 70.8 Å². The largest absolute Gasteiger partial charge is 0.463 e. The molecular weight excluding hydrogens is 450 g/mol. The van der Waals surface area contributed by atoms with Crippen LogP contribution in [0.4, 0.5) is 4.79 Å². The van der Waals surface area contributed by atoms with Gasteiger partial charge in [-0.05, 0) is 37.7 Å². The van der Waals surface area contributed by atoms with Crippen LogP contribution < -0.4 is 15.4 Å². The third kappa shape index (κ3) is 5.57. The number of carbonyl (C=O) groups excluding carboxylic acids is 3. The van der Waals surface area contributed by atoms with Crippen molar-refractivity contribution in [3.63, 3.8) is 0 Å². The first kappa shape index (κ1) is 24.0. The first-order chi connectivity index (χ1) is 15.8. The van der Waals surface area contributed by atoms with Gasteiger partial charge in [-0.25, -0.2) is 27.5 Å². The Bertz CT molecular complexity index is 1190. The van der Waals surface area contributed by atoms with E-state index in [2.05, 4.69) is 15.4 Å². The molecule has 0 spiro atoms. The molecule has 3 rings (SSSR count). The zero-order valence-electron chi connectivity index (χ0n) is 18.0. The average Bonchev–Trinajstić information content (AvgIpc) is 2.82. The Morgan fingerprint density at radius 3 is 2.42 bits per heavy atom. The van der Waals surface area contributed by atoms with Crippen molar-refractivity contribution in [2.24, 2.45) is 0 Å². The summed E-state index contributed by atoms with van der Waals surface area (Å²) in [4.78, 5) is 37.5. The minimum Gasteiger partial charge on any atom is -0.463 e. The van der Waals surface area contributed by atoms with E-state index in [-0.39, 0.29) is 28.3 Å². The van der Waals surface area contributed by atoms with E-state index in [9.17, 15) is 22.8 Å². The summed E-state index contributed by atoms with van der Waals surface area (Å²) in [6, 6.07) is 12.7. The zero-order valence-corrected chi connectivity index (χ0v) is 18.8. The van der Waals surface area contributed by atoms with E-state index in [0.717, 1.165) is 0 Å². The molecule has 10 nitrogen and oxygen atoms in total. The van der Waals surface area contributed by atoms with E-state index in [4.69, 9.17) is 9.47 Å². The second kappa shape index (κ2) is 10.3. The lowest BCUT2D eigenvalue weighted by molar-refractivity contribution is -0.139. The topological polar surface area (TPSA) is 140 Å². The minimum absolute atomic E-state index is 0.00974. The van der Waals surface area contributed by atoms with Crippen LogP contribution in [0.1, 0.15) is 28.9 Å². The molecule has 11 heteroatoms. The molecule has 0 fully saturated rings. The molecule has 2 aromatic carbocycles. The van der Waals surface area contributed by atoms with Gasteiger partial charge in [0.2, 0.25) is 10.0 Å². The summed E-state index contributed by atoms with van der Waals surface area (Å²) >= 11 is 0. The van der Waals surface area contributed by atoms with Crippen molar-refractivity contribution in [1.29, 1.82) is 0 Å². The number of hydrogen-bond donors (Lipinski definition) is 3. The maximum Gasteiger partial charge on any atom is 0.338 e. The van der Waals surface area contributed by atoms with Crippen LogP contribution in [-0.4, -0.2) is 46.6 Å². The van der Waals surface area contributed by atoms with E-state index >= 15 is 0 Å². The molecule has 0 unspecified atom stereocenters. The molecule has 174 valence electrons. The first-order valence-electron chi connectivity index (χ1n) is 10.00. The van der Waals surface area contributed by atoms with Crippen molar-refractivity contribution in [2.75, 3.05) is 20.3 Å². The summed E-state index contributed by atoms with van der Waals surface area (Å²) in [5.74, 6) is -1.50. The van der Waals surface area contributed by atoms with E-state index in [0.29, 0.717) is 5.56 Å². The van der Waals surface area contributed by atoms with Crippen molar-refractivity contribution in [1.82, 2.24) is 15.4 Å². The van der Waals surface area contributed by atoms with Crippen LogP contribution in [0.2, 0.25) is 0 Å². The van der Waals surface area contributed by atoms with Gasteiger partial charge in [-0.1, -0.05) is 36.4 Å². The number of hydrogen-bond acceptors (Lipinski definition) is 7. The summed E-state index contributed by atoms with van der Waals surface area (Å²) in [7, 11) is -2.50. The Morgan fingerprint density at radius 1 is 1.03 bits per heavy atom. The SMILES string of the molecule is CCOC(=O)C1=C(COC(=O)c2cccc(S(=O)(=O)NC)c2)NC(=O)N[C@@H]1c1ccccc1. The van der Waals surface area contributed by atoms with Crippen LogP contribution in [0.3, 0.4) is 0 Å². The Balaban J connectivity index is 1.90. The molecule has 1 heterocycles. The van der Waals surface area contributed by atoms with Gasteiger partial charge in [0.15, 0.2) is 0 Å². The molecule has 2 aromatic rings. The van der Waals surface area contributed by atoms with E-state index in [1.807, 2.05) is 0 Å². The molecule has 0 saturated heterocycles. The summed E-state index contributed by atoms with van der Waals surface area (Å²) in [6.07, 6.45) is 0. The van der Waals surface area contributed by atoms with Crippen molar-refractivity contribution >= 4 is 28.0 Å². The second-order valence-corrected chi connectivity index (χ2v) is 8.75. The number of ether oxygens (including phenoxy) is 2. The molecule has 0 bridgehead atoms. The highest BCUT2D eigenvalue weighted by Crippen LogP contribution is 2.28. The van der Waals surface area contributed by atoms with Gasteiger partial charge in [-0.3, -0.25) is 0 Å². The molecule has 1 atom stereocenters. The number of nitrogens with one attached hydrogen (secondary N) is 3. The quantitative estimate of drug-likeness (QED) is 0.495. The first-order valence-corrected chi connectivity index (χ1v) is 11.5. The predicted octanol–water partition coefficient (Wildman–Crippen LogP) is 1.62.